The summed E-state index contributed by atoms with van der Waals surface area (Å²) >= 11 is 2.99. The van der Waals surface area contributed by atoms with Gasteiger partial charge in [-0.1, -0.05) is 17.8 Å². The monoisotopic (exact) mass is 454 g/mol. The van der Waals surface area contributed by atoms with E-state index in [0.717, 1.165) is 20.8 Å². The van der Waals surface area contributed by atoms with Crippen molar-refractivity contribution in [1.82, 2.24) is 20.3 Å². The van der Waals surface area contributed by atoms with Gasteiger partial charge in [-0.15, -0.1) is 11.3 Å². The van der Waals surface area contributed by atoms with Crippen LogP contribution in [0.25, 0.3) is 10.2 Å². The van der Waals surface area contributed by atoms with E-state index in [1.54, 1.807) is 35.7 Å². The van der Waals surface area contributed by atoms with E-state index in [9.17, 15) is 9.18 Å². The second-order valence-electron chi connectivity index (χ2n) is 6.76. The van der Waals surface area contributed by atoms with Gasteiger partial charge in [0.15, 0.2) is 11.6 Å². The van der Waals surface area contributed by atoms with Gasteiger partial charge < -0.3 is 10.1 Å². The standard InChI is InChI=1S/C22H19FN4O2S2/c1-13-14(2)31-22-20(13)21(26-12-27-22)30-11-19(28)25-9-15-5-6-18(17(23)8-15)29-16-4-3-7-24-10-16/h3-8,10,12H,9,11H2,1-2H3,(H,25,28). The number of thiophene rings is 1. The maximum atomic E-state index is 14.3. The van der Waals surface area contributed by atoms with Crippen molar-refractivity contribution in [3.05, 3.63) is 70.9 Å². The molecule has 0 fully saturated rings. The van der Waals surface area contributed by atoms with Crippen molar-refractivity contribution in [1.29, 1.82) is 0 Å². The highest BCUT2D eigenvalue weighted by atomic mass is 32.2. The van der Waals surface area contributed by atoms with Crippen molar-refractivity contribution in [3.8, 4) is 11.5 Å². The lowest BCUT2D eigenvalue weighted by molar-refractivity contribution is -0.118. The summed E-state index contributed by atoms with van der Waals surface area (Å²) in [5.74, 6) is 0.113. The number of halogens is 1. The maximum absolute atomic E-state index is 14.3. The van der Waals surface area contributed by atoms with E-state index >= 15 is 0 Å². The zero-order valence-electron chi connectivity index (χ0n) is 16.9. The van der Waals surface area contributed by atoms with Crippen LogP contribution in [0.4, 0.5) is 4.39 Å². The van der Waals surface area contributed by atoms with Crippen molar-refractivity contribution in [2.75, 3.05) is 5.75 Å². The van der Waals surface area contributed by atoms with Gasteiger partial charge in [0.05, 0.1) is 11.9 Å². The van der Waals surface area contributed by atoms with E-state index < -0.39 is 5.82 Å². The third kappa shape index (κ3) is 5.00. The summed E-state index contributed by atoms with van der Waals surface area (Å²) in [4.78, 5) is 27.0. The summed E-state index contributed by atoms with van der Waals surface area (Å²) in [7, 11) is 0. The third-order valence-corrected chi connectivity index (χ3v) is 6.72. The van der Waals surface area contributed by atoms with Gasteiger partial charge >= 0.3 is 0 Å². The second kappa shape index (κ2) is 9.40. The van der Waals surface area contributed by atoms with Crippen LogP contribution in [0.1, 0.15) is 16.0 Å². The number of rotatable bonds is 7. The van der Waals surface area contributed by atoms with E-state index in [-0.39, 0.29) is 24.0 Å². The van der Waals surface area contributed by atoms with Crippen LogP contribution in [0.5, 0.6) is 11.5 Å². The van der Waals surface area contributed by atoms with Crippen LogP contribution in [0, 0.1) is 19.7 Å². The third-order valence-electron chi connectivity index (χ3n) is 4.62. The normalized spacial score (nSPS) is 10.9. The number of ether oxygens (including phenoxy) is 1. The number of aromatic nitrogens is 3. The van der Waals surface area contributed by atoms with E-state index in [4.69, 9.17) is 4.74 Å². The fourth-order valence-electron chi connectivity index (χ4n) is 2.92. The van der Waals surface area contributed by atoms with Crippen molar-refractivity contribution >= 4 is 39.2 Å². The van der Waals surface area contributed by atoms with E-state index in [1.807, 2.05) is 6.92 Å². The van der Waals surface area contributed by atoms with Crippen molar-refractivity contribution < 1.29 is 13.9 Å². The molecule has 3 heterocycles. The summed E-state index contributed by atoms with van der Waals surface area (Å²) in [6, 6.07) is 8.02. The van der Waals surface area contributed by atoms with Gasteiger partial charge in [-0.3, -0.25) is 9.78 Å². The van der Waals surface area contributed by atoms with Crippen molar-refractivity contribution in [2.24, 2.45) is 0 Å². The number of thioether (sulfide) groups is 1. The number of hydrogen-bond acceptors (Lipinski definition) is 7. The molecule has 0 radical (unpaired) electrons. The molecule has 0 atom stereocenters. The van der Waals surface area contributed by atoms with Crippen LogP contribution in [-0.2, 0) is 11.3 Å². The topological polar surface area (TPSA) is 77.0 Å². The van der Waals surface area contributed by atoms with E-state index in [0.29, 0.717) is 11.3 Å². The molecule has 0 aliphatic carbocycles. The fraction of sp³-hybridized carbons (Fsp3) is 0.182. The van der Waals surface area contributed by atoms with Crippen molar-refractivity contribution in [2.45, 2.75) is 25.4 Å². The summed E-state index contributed by atoms with van der Waals surface area (Å²) in [6.07, 6.45) is 4.65. The predicted octanol–water partition coefficient (Wildman–Crippen LogP) is 5.04. The number of carbonyl (C=O) groups excluding carboxylic acids is 1. The maximum Gasteiger partial charge on any atom is 0.230 e. The second-order valence-corrected chi connectivity index (χ2v) is 8.93. The van der Waals surface area contributed by atoms with Gasteiger partial charge in [-0.25, -0.2) is 14.4 Å². The summed E-state index contributed by atoms with van der Waals surface area (Å²) < 4.78 is 19.8. The molecule has 0 saturated carbocycles. The highest BCUT2D eigenvalue weighted by Crippen LogP contribution is 2.34. The molecule has 1 N–H and O–H groups in total. The molecular formula is C22H19FN4O2S2. The van der Waals surface area contributed by atoms with Gasteiger partial charge in [0.2, 0.25) is 5.91 Å². The van der Waals surface area contributed by atoms with Crippen LogP contribution in [-0.4, -0.2) is 26.6 Å². The van der Waals surface area contributed by atoms with Gasteiger partial charge in [-0.2, -0.15) is 0 Å². The molecule has 1 aromatic carbocycles. The minimum absolute atomic E-state index is 0.104. The average Bonchev–Trinajstić information content (AvgIpc) is 3.07. The Balaban J connectivity index is 1.33. The van der Waals surface area contributed by atoms with Crippen LogP contribution < -0.4 is 10.1 Å². The first-order valence-electron chi connectivity index (χ1n) is 9.48. The fourth-order valence-corrected chi connectivity index (χ4v) is 4.86. The Hall–Kier alpha value is -3.04. The smallest absolute Gasteiger partial charge is 0.230 e. The van der Waals surface area contributed by atoms with Gasteiger partial charge in [0.1, 0.15) is 21.9 Å². The summed E-state index contributed by atoms with van der Waals surface area (Å²) in [5, 5.41) is 4.62. The predicted molar refractivity (Wildman–Crippen MR) is 120 cm³/mol. The molecule has 6 nitrogen and oxygen atoms in total. The largest absolute Gasteiger partial charge is 0.453 e. The molecule has 0 bridgehead atoms. The number of pyridine rings is 1. The quantitative estimate of drug-likeness (QED) is 0.311. The highest BCUT2D eigenvalue weighted by Gasteiger charge is 2.14. The number of carbonyl (C=O) groups is 1. The van der Waals surface area contributed by atoms with Crippen molar-refractivity contribution in [3.63, 3.8) is 0 Å². The first kappa shape index (κ1) is 21.2. The lowest BCUT2D eigenvalue weighted by atomic mass is 10.2. The number of nitrogens with one attached hydrogen (secondary N) is 1. The lowest BCUT2D eigenvalue weighted by Gasteiger charge is -2.09. The molecule has 0 unspecified atom stereocenters. The Bertz CT molecular complexity index is 1230. The number of fused-ring (bicyclic) bond motifs is 1. The lowest BCUT2D eigenvalue weighted by Crippen LogP contribution is -2.24. The van der Waals surface area contributed by atoms with Crippen LogP contribution >= 0.6 is 23.1 Å². The number of hydrogen-bond donors (Lipinski definition) is 1. The van der Waals surface area contributed by atoms with E-state index in [2.05, 4.69) is 27.2 Å². The number of benzene rings is 1. The molecule has 3 aromatic heterocycles. The molecular weight excluding hydrogens is 435 g/mol. The molecule has 4 rings (SSSR count). The van der Waals surface area contributed by atoms with Crippen LogP contribution in [0.2, 0.25) is 0 Å². The zero-order chi connectivity index (χ0) is 21.8. The van der Waals surface area contributed by atoms with Gasteiger partial charge in [-0.05, 0) is 49.2 Å². The Morgan fingerprint density at radius 3 is 2.90 bits per heavy atom. The molecule has 31 heavy (non-hydrogen) atoms. The molecule has 0 aliphatic heterocycles. The molecule has 9 heteroatoms. The number of nitrogens with zero attached hydrogens (tertiary/aromatic N) is 3. The van der Waals surface area contributed by atoms with Crippen LogP contribution in [0.15, 0.2) is 54.1 Å². The molecule has 0 aliphatic rings. The molecule has 0 spiro atoms. The Labute approximate surface area is 186 Å². The summed E-state index contributed by atoms with van der Waals surface area (Å²) in [5.41, 5.74) is 1.79. The Kier molecular flexibility index (Phi) is 6.43. The Morgan fingerprint density at radius 1 is 1.26 bits per heavy atom. The molecule has 158 valence electrons. The van der Waals surface area contributed by atoms with Crippen LogP contribution in [0.3, 0.4) is 0 Å². The minimum atomic E-state index is -0.503. The van der Waals surface area contributed by atoms with Gasteiger partial charge in [0.25, 0.3) is 0 Å². The van der Waals surface area contributed by atoms with Gasteiger partial charge in [0, 0.05) is 23.0 Å². The SMILES string of the molecule is Cc1sc2ncnc(SCC(=O)NCc3ccc(Oc4cccnc4)c(F)c3)c2c1C. The molecule has 1 amide bonds. The summed E-state index contributed by atoms with van der Waals surface area (Å²) in [6.45, 7) is 4.31. The Morgan fingerprint density at radius 2 is 2.13 bits per heavy atom. The number of aryl methyl sites for hydroxylation is 2. The highest BCUT2D eigenvalue weighted by molar-refractivity contribution is 8.00. The molecule has 4 aromatic rings. The minimum Gasteiger partial charge on any atom is -0.453 e. The van der Waals surface area contributed by atoms with E-state index in [1.165, 1.54) is 41.3 Å². The zero-order valence-corrected chi connectivity index (χ0v) is 18.5. The average molecular weight is 455 g/mol. The first-order chi connectivity index (χ1) is 15.0. The number of amides is 1. The first-order valence-corrected chi connectivity index (χ1v) is 11.3. The molecule has 0 saturated heterocycles.